The van der Waals surface area contributed by atoms with E-state index in [1.807, 2.05) is 35.2 Å². The molecule has 0 saturated carbocycles. The van der Waals surface area contributed by atoms with Gasteiger partial charge >= 0.3 is 0 Å². The van der Waals surface area contributed by atoms with Crippen LogP contribution in [0.1, 0.15) is 32.6 Å². The minimum absolute atomic E-state index is 0.0740. The summed E-state index contributed by atoms with van der Waals surface area (Å²) in [4.78, 5) is 36.9. The fourth-order valence-electron chi connectivity index (χ4n) is 5.88. The third-order valence-corrected chi connectivity index (χ3v) is 9.26. The van der Waals surface area contributed by atoms with Crippen molar-refractivity contribution in [1.29, 1.82) is 0 Å². The van der Waals surface area contributed by atoms with Gasteiger partial charge in [-0.25, -0.2) is 9.37 Å². The Bertz CT molecular complexity index is 1630. The van der Waals surface area contributed by atoms with Crippen LogP contribution in [0.4, 0.5) is 10.1 Å². The number of unbranched alkanes of at least 4 members (excludes halogenated alkanes) is 1. The number of hydrogen-bond acceptors (Lipinski definition) is 5. The van der Waals surface area contributed by atoms with Crippen molar-refractivity contribution in [2.24, 2.45) is 0 Å². The van der Waals surface area contributed by atoms with Crippen molar-refractivity contribution >= 4 is 45.9 Å². The van der Waals surface area contributed by atoms with Crippen molar-refractivity contribution in [3.05, 3.63) is 94.0 Å². The van der Waals surface area contributed by atoms with Crippen LogP contribution in [0.2, 0.25) is 5.02 Å². The highest BCUT2D eigenvalue weighted by Gasteiger charge is 2.46. The minimum Gasteiger partial charge on any atom is -0.365 e. The molecule has 3 atom stereocenters. The van der Waals surface area contributed by atoms with Crippen LogP contribution >= 0.6 is 23.4 Å². The Morgan fingerprint density at radius 3 is 2.60 bits per heavy atom. The summed E-state index contributed by atoms with van der Waals surface area (Å²) in [5, 5.41) is 1.12. The zero-order valence-electron chi connectivity index (χ0n) is 22.2. The molecule has 9 heteroatoms. The molecule has 3 aromatic carbocycles. The molecule has 6 nitrogen and oxygen atoms in total. The molecule has 2 fully saturated rings. The SMILES string of the molecule is CCCCC(Sc1nc2ccccc2c(=O)n1-c1cccc(Cl)c1)C(=O)N1CC2CC1CN2c1cccc(F)c1. The molecule has 0 radical (unpaired) electrons. The molecule has 0 N–H and O–H groups in total. The number of carbonyl (C=O) groups is 1. The first-order chi connectivity index (χ1) is 19.4. The molecule has 2 saturated heterocycles. The van der Waals surface area contributed by atoms with E-state index in [0.29, 0.717) is 46.3 Å². The van der Waals surface area contributed by atoms with E-state index in [1.54, 1.807) is 41.0 Å². The molecule has 0 spiro atoms. The molecule has 3 heterocycles. The van der Waals surface area contributed by atoms with Crippen molar-refractivity contribution in [3.8, 4) is 5.69 Å². The van der Waals surface area contributed by atoms with E-state index in [0.717, 1.165) is 24.9 Å². The monoisotopic (exact) mass is 576 g/mol. The summed E-state index contributed by atoms with van der Waals surface area (Å²) in [5.74, 6) is -0.178. The van der Waals surface area contributed by atoms with Gasteiger partial charge in [0.15, 0.2) is 5.16 Å². The van der Waals surface area contributed by atoms with Gasteiger partial charge in [0.1, 0.15) is 5.82 Å². The molecule has 6 rings (SSSR count). The lowest BCUT2D eigenvalue weighted by Gasteiger charge is -2.37. The fourth-order valence-corrected chi connectivity index (χ4v) is 7.28. The summed E-state index contributed by atoms with van der Waals surface area (Å²) in [6, 6.07) is 21.3. The van der Waals surface area contributed by atoms with Crippen molar-refractivity contribution in [1.82, 2.24) is 14.5 Å². The van der Waals surface area contributed by atoms with Crippen molar-refractivity contribution in [2.45, 2.75) is 55.1 Å². The number of anilines is 1. The molecule has 3 unspecified atom stereocenters. The van der Waals surface area contributed by atoms with E-state index >= 15 is 0 Å². The van der Waals surface area contributed by atoms with Gasteiger partial charge in [0, 0.05) is 29.8 Å². The molecule has 206 valence electrons. The van der Waals surface area contributed by atoms with Crippen LogP contribution in [-0.4, -0.2) is 50.8 Å². The molecule has 2 aliphatic rings. The van der Waals surface area contributed by atoms with Crippen LogP contribution < -0.4 is 10.5 Å². The summed E-state index contributed by atoms with van der Waals surface area (Å²) < 4.78 is 15.4. The number of piperazine rings is 1. The second kappa shape index (κ2) is 11.3. The summed E-state index contributed by atoms with van der Waals surface area (Å²) in [7, 11) is 0. The summed E-state index contributed by atoms with van der Waals surface area (Å²) >= 11 is 7.66. The molecule has 2 aliphatic heterocycles. The Hall–Kier alpha value is -3.36. The highest BCUT2D eigenvalue weighted by Crippen LogP contribution is 2.37. The van der Waals surface area contributed by atoms with Gasteiger partial charge in [0.2, 0.25) is 5.91 Å². The lowest BCUT2D eigenvalue weighted by Crippen LogP contribution is -2.51. The fraction of sp³-hybridized carbons (Fsp3) is 0.323. The maximum Gasteiger partial charge on any atom is 0.266 e. The number of hydrogen-bond donors (Lipinski definition) is 0. The number of benzene rings is 3. The van der Waals surface area contributed by atoms with Crippen molar-refractivity contribution < 1.29 is 9.18 Å². The number of rotatable bonds is 8. The molecule has 0 aliphatic carbocycles. The van der Waals surface area contributed by atoms with Gasteiger partial charge in [-0.1, -0.05) is 67.4 Å². The average molecular weight is 577 g/mol. The first kappa shape index (κ1) is 26.8. The van der Waals surface area contributed by atoms with Crippen LogP contribution in [0, 0.1) is 5.82 Å². The molecular formula is C31H30ClFN4O2S. The smallest absolute Gasteiger partial charge is 0.266 e. The molecule has 40 heavy (non-hydrogen) atoms. The second-order valence-corrected chi connectivity index (χ2v) is 12.1. The molecule has 4 aromatic rings. The van der Waals surface area contributed by atoms with E-state index in [4.69, 9.17) is 16.6 Å². The zero-order valence-corrected chi connectivity index (χ0v) is 23.7. The molecule has 1 aromatic heterocycles. The maximum absolute atomic E-state index is 14.1. The second-order valence-electron chi connectivity index (χ2n) is 10.4. The summed E-state index contributed by atoms with van der Waals surface area (Å²) in [6.45, 7) is 3.40. The standard InChI is InChI=1S/C31H30ClFN4O2S/c1-2-3-14-28(30(39)36-19-24-17-25(36)18-35(24)22-10-7-9-21(33)16-22)40-31-34-27-13-5-4-12-26(27)29(38)37(31)23-11-6-8-20(32)15-23/h4-13,15-16,24-25,28H,2-3,14,17-19H2,1H3. The predicted octanol–water partition coefficient (Wildman–Crippen LogP) is 6.32. The van der Waals surface area contributed by atoms with E-state index in [9.17, 15) is 14.0 Å². The first-order valence-corrected chi connectivity index (χ1v) is 15.0. The van der Waals surface area contributed by atoms with Crippen LogP contribution in [-0.2, 0) is 4.79 Å². The quantitative estimate of drug-likeness (QED) is 0.181. The Kier molecular flexibility index (Phi) is 7.55. The van der Waals surface area contributed by atoms with Gasteiger partial charge < -0.3 is 9.80 Å². The number of likely N-dealkylation sites (tertiary alicyclic amines) is 1. The molecule has 2 bridgehead atoms. The van der Waals surface area contributed by atoms with E-state index < -0.39 is 0 Å². The lowest BCUT2D eigenvalue weighted by molar-refractivity contribution is -0.131. The third-order valence-electron chi connectivity index (χ3n) is 7.82. The highest BCUT2D eigenvalue weighted by molar-refractivity contribution is 8.00. The summed E-state index contributed by atoms with van der Waals surface area (Å²) in [5.41, 5.74) is 1.89. The number of para-hydroxylation sites is 1. The van der Waals surface area contributed by atoms with Crippen LogP contribution in [0.5, 0.6) is 0 Å². The Morgan fingerprint density at radius 2 is 1.85 bits per heavy atom. The minimum atomic E-state index is -0.389. The van der Waals surface area contributed by atoms with Crippen LogP contribution in [0.15, 0.2) is 82.7 Å². The highest BCUT2D eigenvalue weighted by atomic mass is 35.5. The number of nitrogens with zero attached hydrogens (tertiary/aromatic N) is 4. The van der Waals surface area contributed by atoms with Crippen molar-refractivity contribution in [2.75, 3.05) is 18.0 Å². The van der Waals surface area contributed by atoms with Gasteiger partial charge in [-0.05, 0) is 61.4 Å². The van der Waals surface area contributed by atoms with Gasteiger partial charge in [0.05, 0.1) is 27.9 Å². The normalized spacial score (nSPS) is 19.0. The molecular weight excluding hydrogens is 547 g/mol. The van der Waals surface area contributed by atoms with E-state index in [2.05, 4.69) is 11.8 Å². The number of amides is 1. The number of aromatic nitrogens is 2. The average Bonchev–Trinajstić information content (AvgIpc) is 3.57. The molecule has 1 amide bonds. The predicted molar refractivity (Wildman–Crippen MR) is 159 cm³/mol. The van der Waals surface area contributed by atoms with Gasteiger partial charge in [-0.3, -0.25) is 14.2 Å². The van der Waals surface area contributed by atoms with Crippen molar-refractivity contribution in [3.63, 3.8) is 0 Å². The number of thioether (sulfide) groups is 1. The summed E-state index contributed by atoms with van der Waals surface area (Å²) in [6.07, 6.45) is 3.39. The Morgan fingerprint density at radius 1 is 1.05 bits per heavy atom. The number of fused-ring (bicyclic) bond motifs is 3. The number of carbonyl (C=O) groups excluding carboxylic acids is 1. The Balaban J connectivity index is 1.31. The van der Waals surface area contributed by atoms with Gasteiger partial charge in [-0.15, -0.1) is 0 Å². The topological polar surface area (TPSA) is 58.4 Å². The first-order valence-electron chi connectivity index (χ1n) is 13.7. The Labute approximate surface area is 241 Å². The lowest BCUT2D eigenvalue weighted by atomic mass is 10.1. The maximum atomic E-state index is 14.1. The number of halogens is 2. The van der Waals surface area contributed by atoms with E-state index in [-0.39, 0.29) is 34.6 Å². The van der Waals surface area contributed by atoms with Crippen LogP contribution in [0.3, 0.4) is 0 Å². The largest absolute Gasteiger partial charge is 0.365 e. The van der Waals surface area contributed by atoms with E-state index in [1.165, 1.54) is 17.8 Å². The van der Waals surface area contributed by atoms with Gasteiger partial charge in [0.25, 0.3) is 5.56 Å². The zero-order chi connectivity index (χ0) is 27.8. The van der Waals surface area contributed by atoms with Gasteiger partial charge in [-0.2, -0.15) is 0 Å². The third kappa shape index (κ3) is 5.10. The van der Waals surface area contributed by atoms with Crippen LogP contribution in [0.25, 0.3) is 16.6 Å².